The van der Waals surface area contributed by atoms with Crippen LogP contribution in [0, 0.1) is 0 Å². The highest BCUT2D eigenvalue weighted by atomic mass is 16.5. The fraction of sp³-hybridized carbons (Fsp3) is 0.455. The highest BCUT2D eigenvalue weighted by molar-refractivity contribution is 5.84. The van der Waals surface area contributed by atoms with Gasteiger partial charge >= 0.3 is 6.03 Å². The van der Waals surface area contributed by atoms with Gasteiger partial charge in [0.1, 0.15) is 6.54 Å². The lowest BCUT2D eigenvalue weighted by atomic mass is 10.2. The minimum atomic E-state index is -0.227. The zero-order valence-corrected chi connectivity index (χ0v) is 17.6. The van der Waals surface area contributed by atoms with E-state index in [1.54, 1.807) is 16.9 Å². The summed E-state index contributed by atoms with van der Waals surface area (Å²) in [5.74, 6) is -0.0911. The molecule has 0 aliphatic rings. The van der Waals surface area contributed by atoms with Crippen LogP contribution in [0.5, 0.6) is 0 Å². The van der Waals surface area contributed by atoms with Crippen LogP contribution in [0.4, 0.5) is 4.79 Å². The predicted octanol–water partition coefficient (Wildman–Crippen LogP) is 2.62. The number of aryl methyl sites for hydroxylation is 1. The second kappa shape index (κ2) is 11.9. The third-order valence-corrected chi connectivity index (χ3v) is 4.72. The number of hydrogen-bond donors (Lipinski definition) is 1. The molecule has 3 amide bonds. The van der Waals surface area contributed by atoms with E-state index in [2.05, 4.69) is 5.32 Å². The molecule has 0 saturated heterocycles. The molecular weight excluding hydrogens is 368 g/mol. The van der Waals surface area contributed by atoms with Gasteiger partial charge in [-0.2, -0.15) is 0 Å². The summed E-state index contributed by atoms with van der Waals surface area (Å²) in [6.07, 6.45) is 2.73. The number of urea groups is 1. The van der Waals surface area contributed by atoms with Crippen molar-refractivity contribution < 1.29 is 14.3 Å². The molecule has 29 heavy (non-hydrogen) atoms. The number of rotatable bonds is 11. The number of amides is 3. The molecule has 0 unspecified atom stereocenters. The Labute approximate surface area is 173 Å². The van der Waals surface area contributed by atoms with Crippen LogP contribution in [0.1, 0.15) is 24.6 Å². The third kappa shape index (κ3) is 7.27. The van der Waals surface area contributed by atoms with Crippen molar-refractivity contribution in [3.8, 4) is 0 Å². The summed E-state index contributed by atoms with van der Waals surface area (Å²) in [6.45, 7) is 4.41. The van der Waals surface area contributed by atoms with Gasteiger partial charge in [-0.3, -0.25) is 4.79 Å². The van der Waals surface area contributed by atoms with Crippen LogP contribution in [0.2, 0.25) is 0 Å². The van der Waals surface area contributed by atoms with E-state index in [1.807, 2.05) is 67.2 Å². The predicted molar refractivity (Wildman–Crippen MR) is 113 cm³/mol. The van der Waals surface area contributed by atoms with Crippen LogP contribution >= 0.6 is 0 Å². The maximum Gasteiger partial charge on any atom is 0.318 e. The van der Waals surface area contributed by atoms with Crippen LogP contribution in [0.25, 0.3) is 0 Å². The zero-order chi connectivity index (χ0) is 21.1. The van der Waals surface area contributed by atoms with Gasteiger partial charge in [-0.25, -0.2) is 4.79 Å². The van der Waals surface area contributed by atoms with Crippen molar-refractivity contribution in [2.24, 2.45) is 7.05 Å². The maximum atomic E-state index is 13.0. The lowest BCUT2D eigenvalue weighted by Gasteiger charge is -2.27. The standard InChI is InChI=1S/C22H32N4O3/c1-4-12-26(22(28)23-16-19-9-6-5-7-10-19)18-21(27)25(14-15-29-3)17-20-11-8-13-24(20)2/h5-11,13H,4,12,14-18H2,1-3H3,(H,23,28). The molecule has 2 rings (SSSR count). The van der Waals surface area contributed by atoms with Gasteiger partial charge in [-0.05, 0) is 24.1 Å². The van der Waals surface area contributed by atoms with E-state index in [9.17, 15) is 9.59 Å². The Bertz CT molecular complexity index is 760. The molecule has 7 heteroatoms. The number of carbonyl (C=O) groups excluding carboxylic acids is 2. The van der Waals surface area contributed by atoms with Crippen LogP contribution in [-0.2, 0) is 29.7 Å². The molecular formula is C22H32N4O3. The van der Waals surface area contributed by atoms with Crippen molar-refractivity contribution >= 4 is 11.9 Å². The SMILES string of the molecule is CCCN(CC(=O)N(CCOC)Cc1cccn1C)C(=O)NCc1ccccc1. The van der Waals surface area contributed by atoms with Crippen molar-refractivity contribution in [3.63, 3.8) is 0 Å². The van der Waals surface area contributed by atoms with Gasteiger partial charge in [0.05, 0.1) is 13.2 Å². The van der Waals surface area contributed by atoms with Gasteiger partial charge in [0, 0.05) is 45.7 Å². The largest absolute Gasteiger partial charge is 0.383 e. The highest BCUT2D eigenvalue weighted by Gasteiger charge is 2.21. The molecule has 0 fully saturated rings. The summed E-state index contributed by atoms with van der Waals surface area (Å²) >= 11 is 0. The Kier molecular flexibility index (Phi) is 9.24. The van der Waals surface area contributed by atoms with Crippen molar-refractivity contribution in [2.45, 2.75) is 26.4 Å². The van der Waals surface area contributed by atoms with E-state index >= 15 is 0 Å². The van der Waals surface area contributed by atoms with Gasteiger partial charge in [-0.15, -0.1) is 0 Å². The van der Waals surface area contributed by atoms with E-state index in [-0.39, 0.29) is 18.5 Å². The van der Waals surface area contributed by atoms with Gasteiger partial charge in [0.25, 0.3) is 0 Å². The summed E-state index contributed by atoms with van der Waals surface area (Å²) in [6, 6.07) is 13.4. The molecule has 0 aliphatic carbocycles. The Morgan fingerprint density at radius 3 is 2.45 bits per heavy atom. The Hall–Kier alpha value is -2.80. The number of nitrogens with one attached hydrogen (secondary N) is 1. The van der Waals surface area contributed by atoms with E-state index in [0.717, 1.165) is 17.7 Å². The van der Waals surface area contributed by atoms with Gasteiger partial charge in [0.2, 0.25) is 5.91 Å². The van der Waals surface area contributed by atoms with Crippen molar-refractivity contribution in [3.05, 3.63) is 59.9 Å². The Morgan fingerprint density at radius 2 is 1.83 bits per heavy atom. The molecule has 0 spiro atoms. The van der Waals surface area contributed by atoms with Gasteiger partial charge in [-0.1, -0.05) is 37.3 Å². The molecule has 1 N–H and O–H groups in total. The Balaban J connectivity index is 1.99. The third-order valence-electron chi connectivity index (χ3n) is 4.72. The van der Waals surface area contributed by atoms with Crippen molar-refractivity contribution in [1.29, 1.82) is 0 Å². The number of methoxy groups -OCH3 is 1. The molecule has 1 aromatic carbocycles. The van der Waals surface area contributed by atoms with Gasteiger partial charge in [0.15, 0.2) is 0 Å². The van der Waals surface area contributed by atoms with Gasteiger partial charge < -0.3 is 24.4 Å². The van der Waals surface area contributed by atoms with E-state index < -0.39 is 0 Å². The summed E-state index contributed by atoms with van der Waals surface area (Å²) < 4.78 is 7.16. The molecule has 1 aromatic heterocycles. The van der Waals surface area contributed by atoms with Crippen LogP contribution in [0.3, 0.4) is 0 Å². The topological polar surface area (TPSA) is 66.8 Å². The number of carbonyl (C=O) groups is 2. The molecule has 0 bridgehead atoms. The molecule has 158 valence electrons. The minimum Gasteiger partial charge on any atom is -0.383 e. The van der Waals surface area contributed by atoms with Crippen LogP contribution < -0.4 is 5.32 Å². The summed E-state index contributed by atoms with van der Waals surface area (Å²) in [5, 5.41) is 2.91. The summed E-state index contributed by atoms with van der Waals surface area (Å²) in [5.41, 5.74) is 2.05. The molecule has 0 radical (unpaired) electrons. The Morgan fingerprint density at radius 1 is 1.07 bits per heavy atom. The molecule has 0 saturated carbocycles. The first-order valence-corrected chi connectivity index (χ1v) is 9.98. The fourth-order valence-corrected chi connectivity index (χ4v) is 3.02. The first-order valence-electron chi connectivity index (χ1n) is 9.98. The number of benzene rings is 1. The molecule has 7 nitrogen and oxygen atoms in total. The van der Waals surface area contributed by atoms with E-state index in [1.165, 1.54) is 0 Å². The normalized spacial score (nSPS) is 10.6. The van der Waals surface area contributed by atoms with E-state index in [0.29, 0.717) is 32.8 Å². The maximum absolute atomic E-state index is 13.0. The molecule has 1 heterocycles. The second-order valence-corrected chi connectivity index (χ2v) is 6.98. The number of aromatic nitrogens is 1. The first kappa shape index (κ1) is 22.5. The molecule has 0 atom stereocenters. The number of hydrogen-bond acceptors (Lipinski definition) is 3. The average molecular weight is 401 g/mol. The fourth-order valence-electron chi connectivity index (χ4n) is 3.02. The molecule has 2 aromatic rings. The summed E-state index contributed by atoms with van der Waals surface area (Å²) in [7, 11) is 3.57. The van der Waals surface area contributed by atoms with Crippen molar-refractivity contribution in [1.82, 2.24) is 19.7 Å². The zero-order valence-electron chi connectivity index (χ0n) is 17.6. The lowest BCUT2D eigenvalue weighted by Crippen LogP contribution is -2.47. The lowest BCUT2D eigenvalue weighted by molar-refractivity contribution is -0.133. The number of nitrogens with zero attached hydrogens (tertiary/aromatic N) is 3. The molecule has 0 aliphatic heterocycles. The smallest absolute Gasteiger partial charge is 0.318 e. The minimum absolute atomic E-state index is 0.0442. The summed E-state index contributed by atoms with van der Waals surface area (Å²) in [4.78, 5) is 29.0. The van der Waals surface area contributed by atoms with Crippen LogP contribution in [0.15, 0.2) is 48.7 Å². The van der Waals surface area contributed by atoms with E-state index in [4.69, 9.17) is 4.74 Å². The monoisotopic (exact) mass is 400 g/mol. The highest BCUT2D eigenvalue weighted by Crippen LogP contribution is 2.07. The van der Waals surface area contributed by atoms with Crippen molar-refractivity contribution in [2.75, 3.05) is 33.4 Å². The number of ether oxygens (including phenoxy) is 1. The average Bonchev–Trinajstić information content (AvgIpc) is 3.14. The first-order chi connectivity index (χ1) is 14.0. The van der Waals surface area contributed by atoms with Crippen LogP contribution in [-0.4, -0.2) is 59.7 Å². The quantitative estimate of drug-likeness (QED) is 0.631. The second-order valence-electron chi connectivity index (χ2n) is 6.98.